The smallest absolute Gasteiger partial charge is 0.181 e. The van der Waals surface area contributed by atoms with Gasteiger partial charge < -0.3 is 4.90 Å². The normalized spacial score (nSPS) is 12.7. The van der Waals surface area contributed by atoms with Gasteiger partial charge in [0.05, 0.1) is 0 Å². The summed E-state index contributed by atoms with van der Waals surface area (Å²) < 4.78 is 2.71. The molecule has 3 heteroatoms. The van der Waals surface area contributed by atoms with E-state index in [1.54, 1.807) is 0 Å². The Morgan fingerprint density at radius 2 is 0.885 bits per heavy atom. The molecule has 0 unspecified atom stereocenters. The van der Waals surface area contributed by atoms with Crippen LogP contribution in [0.2, 0.25) is 0 Å². The Bertz CT molecular complexity index is 3350. The molecule has 0 fully saturated rings. The Balaban J connectivity index is 1.09. The van der Waals surface area contributed by atoms with Crippen LogP contribution in [0.4, 0.5) is 17.1 Å². The molecular formula is C58H39NSSi. The van der Waals surface area contributed by atoms with Gasteiger partial charge in [-0.25, -0.2) is 0 Å². The third-order valence-corrected chi connectivity index (χ3v) is 18.8. The summed E-state index contributed by atoms with van der Waals surface area (Å²) in [4.78, 5) is 2.45. The van der Waals surface area contributed by atoms with Crippen LogP contribution in [0.15, 0.2) is 237 Å². The molecule has 286 valence electrons. The van der Waals surface area contributed by atoms with E-state index in [9.17, 15) is 0 Å². The zero-order valence-electron chi connectivity index (χ0n) is 33.4. The largest absolute Gasteiger partial charge is 0.311 e. The number of thiophene rings is 1. The van der Waals surface area contributed by atoms with Crippen molar-refractivity contribution < 1.29 is 0 Å². The first-order chi connectivity index (χ1) is 30.2. The molecule has 0 radical (unpaired) electrons. The molecule has 10 aromatic carbocycles. The van der Waals surface area contributed by atoms with E-state index < -0.39 is 8.07 Å². The molecule has 0 saturated carbocycles. The van der Waals surface area contributed by atoms with Crippen LogP contribution in [-0.4, -0.2) is 8.07 Å². The van der Waals surface area contributed by atoms with E-state index >= 15 is 0 Å². The van der Waals surface area contributed by atoms with Gasteiger partial charge in [0.25, 0.3) is 0 Å². The second kappa shape index (κ2) is 14.5. The van der Waals surface area contributed by atoms with Crippen LogP contribution in [0.3, 0.4) is 0 Å². The number of hydrogen-bond donors (Lipinski definition) is 0. The molecule has 0 saturated heterocycles. The van der Waals surface area contributed by atoms with Crippen LogP contribution >= 0.6 is 11.3 Å². The quantitative estimate of drug-likeness (QED) is 0.145. The van der Waals surface area contributed by atoms with Gasteiger partial charge in [-0.15, -0.1) is 11.3 Å². The lowest BCUT2D eigenvalue weighted by Gasteiger charge is -2.33. The van der Waals surface area contributed by atoms with E-state index in [1.807, 2.05) is 11.3 Å². The Hall–Kier alpha value is -7.30. The van der Waals surface area contributed by atoms with E-state index in [0.29, 0.717) is 0 Å². The van der Waals surface area contributed by atoms with Crippen LogP contribution in [-0.2, 0) is 0 Å². The molecular weight excluding hydrogens is 771 g/mol. The number of hydrogen-bond acceptors (Lipinski definition) is 2. The molecule has 1 aromatic heterocycles. The van der Waals surface area contributed by atoms with Gasteiger partial charge in [-0.1, -0.05) is 188 Å². The van der Waals surface area contributed by atoms with Crippen LogP contribution < -0.4 is 25.6 Å². The average Bonchev–Trinajstić information content (AvgIpc) is 3.86. The average molecular weight is 810 g/mol. The van der Waals surface area contributed by atoms with Crippen molar-refractivity contribution >= 4 is 88.2 Å². The van der Waals surface area contributed by atoms with E-state index in [4.69, 9.17) is 0 Å². The molecule has 0 amide bonds. The molecule has 11 aromatic rings. The van der Waals surface area contributed by atoms with Gasteiger partial charge in [-0.3, -0.25) is 0 Å². The zero-order chi connectivity index (χ0) is 40.3. The van der Waals surface area contributed by atoms with Crippen molar-refractivity contribution in [2.75, 3.05) is 4.90 Å². The van der Waals surface area contributed by atoms with Gasteiger partial charge in [-0.05, 0) is 113 Å². The summed E-state index contributed by atoms with van der Waals surface area (Å²) in [5.41, 5.74) is 11.0. The first-order valence-corrected chi connectivity index (χ1v) is 23.8. The van der Waals surface area contributed by atoms with Crippen LogP contribution in [0.5, 0.6) is 0 Å². The maximum Gasteiger partial charge on any atom is 0.181 e. The SMILES string of the molecule is c1ccc(-c2ccc(N(c3ccc(-c4ccc5ccccc5c4)cc3)c3ccc4c(c3)[Si](c3ccccc3)(c3ccccc3)c3ccc5c(sc6ccccc65)c3-4)cc2)cc1. The van der Waals surface area contributed by atoms with Crippen LogP contribution in [0.25, 0.3) is 64.3 Å². The third kappa shape index (κ3) is 5.73. The molecule has 1 aliphatic heterocycles. The summed E-state index contributed by atoms with van der Waals surface area (Å²) in [5.74, 6) is 0. The van der Waals surface area contributed by atoms with Crippen molar-refractivity contribution in [3.63, 3.8) is 0 Å². The first-order valence-electron chi connectivity index (χ1n) is 21.0. The topological polar surface area (TPSA) is 3.24 Å². The summed E-state index contributed by atoms with van der Waals surface area (Å²) >= 11 is 1.94. The van der Waals surface area contributed by atoms with Crippen LogP contribution in [0, 0.1) is 0 Å². The highest BCUT2D eigenvalue weighted by Crippen LogP contribution is 2.44. The van der Waals surface area contributed by atoms with Crippen molar-refractivity contribution in [2.45, 2.75) is 0 Å². The van der Waals surface area contributed by atoms with Crippen molar-refractivity contribution in [2.24, 2.45) is 0 Å². The van der Waals surface area contributed by atoms with Gasteiger partial charge in [0.1, 0.15) is 0 Å². The van der Waals surface area contributed by atoms with E-state index in [2.05, 4.69) is 241 Å². The number of nitrogens with zero attached hydrogens (tertiary/aromatic N) is 1. The molecule has 1 nitrogen and oxygen atoms in total. The summed E-state index contributed by atoms with van der Waals surface area (Å²) in [6.07, 6.45) is 0. The lowest BCUT2D eigenvalue weighted by atomic mass is 10.0. The van der Waals surface area contributed by atoms with Crippen molar-refractivity contribution in [1.29, 1.82) is 0 Å². The summed E-state index contributed by atoms with van der Waals surface area (Å²) in [7, 11) is -2.82. The summed E-state index contributed by atoms with van der Waals surface area (Å²) in [5, 5.41) is 10.9. The van der Waals surface area contributed by atoms with Crippen molar-refractivity contribution in [3.8, 4) is 33.4 Å². The lowest BCUT2D eigenvalue weighted by Crippen LogP contribution is -2.72. The van der Waals surface area contributed by atoms with E-state index in [-0.39, 0.29) is 0 Å². The number of fused-ring (bicyclic) bond motifs is 8. The highest BCUT2D eigenvalue weighted by Gasteiger charge is 2.49. The fraction of sp³-hybridized carbons (Fsp3) is 0. The van der Waals surface area contributed by atoms with Gasteiger partial charge in [0.2, 0.25) is 0 Å². The number of anilines is 3. The molecule has 0 bridgehead atoms. The second-order valence-electron chi connectivity index (χ2n) is 16.0. The minimum Gasteiger partial charge on any atom is -0.311 e. The van der Waals surface area contributed by atoms with Gasteiger partial charge >= 0.3 is 0 Å². The molecule has 0 spiro atoms. The number of rotatable bonds is 7. The molecule has 1 aliphatic rings. The molecule has 61 heavy (non-hydrogen) atoms. The predicted molar refractivity (Wildman–Crippen MR) is 265 cm³/mol. The fourth-order valence-electron chi connectivity index (χ4n) is 9.93. The van der Waals surface area contributed by atoms with Crippen molar-refractivity contribution in [3.05, 3.63) is 237 Å². The standard InChI is InChI=1S/C58H39NSSi/c1-4-14-40(15-5-1)42-26-30-46(31-27-42)59(47-32-28-43(29-33-47)45-25-24-41-16-10-11-17-44(41)38-45)48-34-35-53-56(39-48)61(49-18-6-2-7-19-49,50-20-8-3-9-21-50)55-37-36-52-51-22-12-13-23-54(51)60-58(52)57(53)55/h1-39H. The monoisotopic (exact) mass is 809 g/mol. The zero-order valence-corrected chi connectivity index (χ0v) is 35.2. The minimum absolute atomic E-state index is 1.12. The predicted octanol–water partition coefficient (Wildman–Crippen LogP) is 13.4. The third-order valence-electron chi connectivity index (χ3n) is 12.7. The maximum absolute atomic E-state index is 2.82. The van der Waals surface area contributed by atoms with Gasteiger partial charge in [-0.2, -0.15) is 0 Å². The van der Waals surface area contributed by atoms with E-state index in [0.717, 1.165) is 17.1 Å². The Morgan fingerprint density at radius 3 is 1.57 bits per heavy atom. The van der Waals surface area contributed by atoms with Crippen LogP contribution in [0.1, 0.15) is 0 Å². The van der Waals surface area contributed by atoms with Crippen molar-refractivity contribution in [1.82, 2.24) is 0 Å². The molecule has 0 atom stereocenters. The molecule has 0 aliphatic carbocycles. The Labute approximate surface area is 361 Å². The summed E-state index contributed by atoms with van der Waals surface area (Å²) in [6.45, 7) is 0. The summed E-state index contributed by atoms with van der Waals surface area (Å²) in [6, 6.07) is 88.1. The highest BCUT2D eigenvalue weighted by atomic mass is 32.1. The fourth-order valence-corrected chi connectivity index (χ4v) is 16.5. The minimum atomic E-state index is -2.82. The maximum atomic E-state index is 2.54. The molecule has 12 rings (SSSR count). The first kappa shape index (κ1) is 35.6. The lowest BCUT2D eigenvalue weighted by molar-refractivity contribution is 1.29. The molecule has 2 heterocycles. The second-order valence-corrected chi connectivity index (χ2v) is 20.8. The number of benzene rings is 10. The Kier molecular flexibility index (Phi) is 8.44. The van der Waals surface area contributed by atoms with E-state index in [1.165, 1.54) is 85.1 Å². The Morgan fingerprint density at radius 1 is 0.344 bits per heavy atom. The highest BCUT2D eigenvalue weighted by molar-refractivity contribution is 7.28. The van der Waals surface area contributed by atoms with Gasteiger partial charge in [0.15, 0.2) is 8.07 Å². The molecule has 0 N–H and O–H groups in total. The van der Waals surface area contributed by atoms with Gasteiger partial charge in [0, 0.05) is 37.2 Å².